The van der Waals surface area contributed by atoms with Crippen molar-refractivity contribution < 1.29 is 4.79 Å². The van der Waals surface area contributed by atoms with Crippen LogP contribution in [0.2, 0.25) is 0 Å². The maximum Gasteiger partial charge on any atom is 0.247 e. The lowest BCUT2D eigenvalue weighted by atomic mass is 9.91. The second-order valence-electron chi connectivity index (χ2n) is 4.63. The molecule has 0 fully saturated rings. The van der Waals surface area contributed by atoms with E-state index in [2.05, 4.69) is 33.0 Å². The molecule has 0 aromatic rings. The molecule has 2 atom stereocenters. The average molecular weight is 227 g/mol. The second-order valence-corrected chi connectivity index (χ2v) is 5.61. The second kappa shape index (κ2) is 5.59. The summed E-state index contributed by atoms with van der Waals surface area (Å²) in [4.78, 5) is 11.8. The molecule has 0 aromatic carbocycles. The van der Waals surface area contributed by atoms with E-state index in [4.69, 9.17) is 0 Å². The van der Waals surface area contributed by atoms with Gasteiger partial charge in [0.15, 0.2) is 0 Å². The first kappa shape index (κ1) is 12.6. The summed E-state index contributed by atoms with van der Waals surface area (Å²) in [6.45, 7) is 8.66. The van der Waals surface area contributed by atoms with Crippen molar-refractivity contribution in [2.45, 2.75) is 40.2 Å². The van der Waals surface area contributed by atoms with Gasteiger partial charge < -0.3 is 5.32 Å². The van der Waals surface area contributed by atoms with Crippen LogP contribution in [0.1, 0.15) is 34.1 Å². The fourth-order valence-corrected chi connectivity index (χ4v) is 2.44. The van der Waals surface area contributed by atoms with Crippen LogP contribution in [0, 0.1) is 11.8 Å². The molecule has 86 valence electrons. The molecular weight excluding hydrogens is 206 g/mol. The van der Waals surface area contributed by atoms with Crippen LogP contribution in [0.4, 0.5) is 0 Å². The minimum atomic E-state index is 0.125. The zero-order valence-electron chi connectivity index (χ0n) is 10.0. The molecule has 0 aromatic heterocycles. The highest BCUT2D eigenvalue weighted by molar-refractivity contribution is 8.02. The van der Waals surface area contributed by atoms with Crippen LogP contribution in [0.15, 0.2) is 11.0 Å². The van der Waals surface area contributed by atoms with Gasteiger partial charge in [0.1, 0.15) is 0 Å². The minimum absolute atomic E-state index is 0.125. The molecule has 2 nitrogen and oxygen atoms in total. The smallest absolute Gasteiger partial charge is 0.247 e. The third kappa shape index (κ3) is 3.56. The van der Waals surface area contributed by atoms with E-state index in [1.807, 2.05) is 5.41 Å². The lowest BCUT2D eigenvalue weighted by Gasteiger charge is -2.24. The number of hydrogen-bond acceptors (Lipinski definition) is 2. The highest BCUT2D eigenvalue weighted by Crippen LogP contribution is 2.22. The minimum Gasteiger partial charge on any atom is -0.350 e. The van der Waals surface area contributed by atoms with E-state index in [1.165, 1.54) is 0 Å². The predicted molar refractivity (Wildman–Crippen MR) is 66.8 cm³/mol. The number of rotatable bonds is 4. The molecule has 1 heterocycles. The number of hydrogen-bond donors (Lipinski definition) is 1. The van der Waals surface area contributed by atoms with Gasteiger partial charge in [-0.15, -0.1) is 11.8 Å². The van der Waals surface area contributed by atoms with Crippen LogP contribution in [-0.2, 0) is 4.79 Å². The summed E-state index contributed by atoms with van der Waals surface area (Å²) in [6.07, 6.45) is 0.916. The first-order chi connectivity index (χ1) is 7.02. The first-order valence-corrected chi connectivity index (χ1v) is 6.68. The zero-order valence-corrected chi connectivity index (χ0v) is 10.9. The van der Waals surface area contributed by atoms with E-state index in [0.717, 1.165) is 17.7 Å². The molecule has 15 heavy (non-hydrogen) atoms. The Morgan fingerprint density at radius 1 is 1.40 bits per heavy atom. The maximum absolute atomic E-state index is 11.8. The van der Waals surface area contributed by atoms with Gasteiger partial charge in [0.05, 0.1) is 0 Å². The van der Waals surface area contributed by atoms with Gasteiger partial charge in [-0.1, -0.05) is 20.8 Å². The van der Waals surface area contributed by atoms with Crippen molar-refractivity contribution >= 4 is 17.7 Å². The van der Waals surface area contributed by atoms with E-state index in [9.17, 15) is 4.79 Å². The quantitative estimate of drug-likeness (QED) is 0.800. The number of amides is 1. The fraction of sp³-hybridized carbons (Fsp3) is 0.750. The van der Waals surface area contributed by atoms with Gasteiger partial charge in [-0.2, -0.15) is 0 Å². The Morgan fingerprint density at radius 2 is 2.07 bits per heavy atom. The van der Waals surface area contributed by atoms with Gasteiger partial charge in [0, 0.05) is 17.4 Å². The molecule has 1 N–H and O–H groups in total. The van der Waals surface area contributed by atoms with Crippen molar-refractivity contribution in [1.29, 1.82) is 0 Å². The van der Waals surface area contributed by atoms with E-state index in [0.29, 0.717) is 11.8 Å². The average Bonchev–Trinajstić information content (AvgIpc) is 2.68. The monoisotopic (exact) mass is 227 g/mol. The summed E-state index contributed by atoms with van der Waals surface area (Å²) < 4.78 is 0. The molecule has 0 spiro atoms. The van der Waals surface area contributed by atoms with Crippen molar-refractivity contribution in [3.63, 3.8) is 0 Å². The summed E-state index contributed by atoms with van der Waals surface area (Å²) in [5.74, 6) is 2.30. The summed E-state index contributed by atoms with van der Waals surface area (Å²) in [5, 5.41) is 5.07. The van der Waals surface area contributed by atoms with Gasteiger partial charge in [0.25, 0.3) is 0 Å². The highest BCUT2D eigenvalue weighted by Gasteiger charge is 2.20. The maximum atomic E-state index is 11.8. The highest BCUT2D eigenvalue weighted by atomic mass is 32.2. The zero-order chi connectivity index (χ0) is 11.4. The van der Waals surface area contributed by atoms with Crippen LogP contribution in [-0.4, -0.2) is 17.7 Å². The Kier molecular flexibility index (Phi) is 4.71. The predicted octanol–water partition coefficient (Wildman–Crippen LogP) is 2.80. The Labute approximate surface area is 96.9 Å². The van der Waals surface area contributed by atoms with Crippen molar-refractivity contribution in [2.75, 3.05) is 5.75 Å². The van der Waals surface area contributed by atoms with Crippen molar-refractivity contribution in [3.8, 4) is 0 Å². The van der Waals surface area contributed by atoms with Gasteiger partial charge >= 0.3 is 0 Å². The molecule has 3 heteroatoms. The summed E-state index contributed by atoms with van der Waals surface area (Å²) in [7, 11) is 0. The lowest BCUT2D eigenvalue weighted by molar-refractivity contribution is -0.118. The number of nitrogens with one attached hydrogen (secondary N) is 1. The molecule has 0 aliphatic carbocycles. The largest absolute Gasteiger partial charge is 0.350 e. The van der Waals surface area contributed by atoms with Gasteiger partial charge in [-0.3, -0.25) is 4.79 Å². The summed E-state index contributed by atoms with van der Waals surface area (Å²) in [5.41, 5.74) is 0.947. The summed E-state index contributed by atoms with van der Waals surface area (Å²) in [6, 6.07) is 0.254. The lowest BCUT2D eigenvalue weighted by Crippen LogP contribution is -2.39. The van der Waals surface area contributed by atoms with E-state index in [-0.39, 0.29) is 11.9 Å². The van der Waals surface area contributed by atoms with Crippen molar-refractivity contribution in [1.82, 2.24) is 5.32 Å². The Hall–Kier alpha value is -0.440. The fourth-order valence-electron chi connectivity index (χ4n) is 1.56. The first-order valence-electron chi connectivity index (χ1n) is 5.64. The van der Waals surface area contributed by atoms with Gasteiger partial charge in [0.2, 0.25) is 5.91 Å². The standard InChI is InChI=1S/C12H21NOS/c1-8(2)9(3)10(4)13-12(14)11-5-6-15-7-11/h7-10H,5-6H2,1-4H3,(H,13,14). The van der Waals surface area contributed by atoms with Crippen LogP contribution in [0.5, 0.6) is 0 Å². The van der Waals surface area contributed by atoms with E-state index in [1.54, 1.807) is 11.8 Å². The number of carbonyl (C=O) groups excluding carboxylic acids is 1. The molecule has 0 saturated carbocycles. The molecule has 1 aliphatic rings. The van der Waals surface area contributed by atoms with Crippen LogP contribution in [0.3, 0.4) is 0 Å². The molecule has 1 rings (SSSR count). The normalized spacial score (nSPS) is 19.9. The molecule has 2 unspecified atom stereocenters. The van der Waals surface area contributed by atoms with Gasteiger partial charge in [-0.05, 0) is 30.6 Å². The summed E-state index contributed by atoms with van der Waals surface area (Å²) >= 11 is 1.73. The molecule has 1 aliphatic heterocycles. The molecular formula is C12H21NOS. The van der Waals surface area contributed by atoms with Gasteiger partial charge in [-0.25, -0.2) is 0 Å². The number of thioether (sulfide) groups is 1. The third-order valence-electron chi connectivity index (χ3n) is 3.21. The number of carbonyl (C=O) groups is 1. The van der Waals surface area contributed by atoms with Crippen molar-refractivity contribution in [3.05, 3.63) is 11.0 Å². The van der Waals surface area contributed by atoms with E-state index >= 15 is 0 Å². The molecule has 1 amide bonds. The topological polar surface area (TPSA) is 29.1 Å². The van der Waals surface area contributed by atoms with E-state index < -0.39 is 0 Å². The van der Waals surface area contributed by atoms with Crippen LogP contribution in [0.25, 0.3) is 0 Å². The third-order valence-corrected chi connectivity index (χ3v) is 4.10. The molecule has 0 bridgehead atoms. The Bertz CT molecular complexity index is 260. The van der Waals surface area contributed by atoms with Crippen LogP contribution >= 0.6 is 11.8 Å². The Balaban J connectivity index is 2.43. The Morgan fingerprint density at radius 3 is 2.53 bits per heavy atom. The molecule has 0 radical (unpaired) electrons. The molecule has 0 saturated heterocycles. The van der Waals surface area contributed by atoms with Crippen molar-refractivity contribution in [2.24, 2.45) is 11.8 Å². The SMILES string of the molecule is CC(C)C(C)C(C)NC(=O)C1=CSCC1. The van der Waals surface area contributed by atoms with Crippen LogP contribution < -0.4 is 5.32 Å².